The molecule has 11 heteroatoms. The summed E-state index contributed by atoms with van der Waals surface area (Å²) in [5.74, 6) is -1.55. The molecule has 8 nitrogen and oxygen atoms in total. The largest absolute Gasteiger partial charge is 0.452 e. The molecule has 0 bridgehead atoms. The highest BCUT2D eigenvalue weighted by atomic mass is 32.2. The number of alkyl halides is 2. The average Bonchev–Trinajstić information content (AvgIpc) is 3.28. The van der Waals surface area contributed by atoms with Crippen LogP contribution in [0.2, 0.25) is 0 Å². The zero-order valence-corrected chi connectivity index (χ0v) is 17.1. The Bertz CT molecular complexity index is 1020. The van der Waals surface area contributed by atoms with Gasteiger partial charge in [-0.1, -0.05) is 0 Å². The van der Waals surface area contributed by atoms with Crippen LogP contribution in [0.25, 0.3) is 0 Å². The van der Waals surface area contributed by atoms with Crippen LogP contribution < -0.4 is 10.1 Å². The monoisotopic (exact) mass is 454 g/mol. The Hall–Kier alpha value is -3.05. The molecular formula is C20H20F2N2O6S. The van der Waals surface area contributed by atoms with Crippen molar-refractivity contribution < 1.29 is 36.3 Å². The van der Waals surface area contributed by atoms with Gasteiger partial charge in [-0.15, -0.1) is 0 Å². The van der Waals surface area contributed by atoms with Gasteiger partial charge in [0.2, 0.25) is 10.0 Å². The van der Waals surface area contributed by atoms with Crippen molar-refractivity contribution in [3.8, 4) is 5.75 Å². The van der Waals surface area contributed by atoms with Crippen LogP contribution in [0.15, 0.2) is 53.4 Å². The number of nitrogens with zero attached hydrogens (tertiary/aromatic N) is 1. The number of hydrogen-bond donors (Lipinski definition) is 1. The predicted octanol–water partition coefficient (Wildman–Crippen LogP) is 2.87. The highest BCUT2D eigenvalue weighted by molar-refractivity contribution is 7.89. The molecule has 1 fully saturated rings. The van der Waals surface area contributed by atoms with Gasteiger partial charge in [0.25, 0.3) is 5.91 Å². The van der Waals surface area contributed by atoms with Gasteiger partial charge in [-0.25, -0.2) is 13.2 Å². The van der Waals surface area contributed by atoms with Crippen molar-refractivity contribution in [1.82, 2.24) is 4.31 Å². The Labute approximate surface area is 177 Å². The molecule has 1 aliphatic heterocycles. The van der Waals surface area contributed by atoms with Crippen LogP contribution in [0.5, 0.6) is 5.75 Å². The lowest BCUT2D eigenvalue weighted by atomic mass is 10.2. The number of hydrogen-bond acceptors (Lipinski definition) is 6. The van der Waals surface area contributed by atoms with Gasteiger partial charge in [0.1, 0.15) is 5.75 Å². The number of sulfonamides is 1. The second-order valence-corrected chi connectivity index (χ2v) is 8.60. The minimum Gasteiger partial charge on any atom is -0.452 e. The first-order valence-electron chi connectivity index (χ1n) is 9.38. The maximum absolute atomic E-state index is 12.5. The average molecular weight is 454 g/mol. The van der Waals surface area contributed by atoms with Crippen LogP contribution in [0.1, 0.15) is 23.2 Å². The lowest BCUT2D eigenvalue weighted by Gasteiger charge is -2.15. The van der Waals surface area contributed by atoms with Crippen LogP contribution >= 0.6 is 0 Å². The van der Waals surface area contributed by atoms with Crippen LogP contribution in [-0.2, 0) is 19.6 Å². The topological polar surface area (TPSA) is 102 Å². The Balaban J connectivity index is 1.51. The number of ether oxygens (including phenoxy) is 2. The second kappa shape index (κ2) is 9.84. The first-order valence-corrected chi connectivity index (χ1v) is 10.8. The maximum atomic E-state index is 12.5. The van der Waals surface area contributed by atoms with Crippen LogP contribution in [0, 0.1) is 0 Å². The van der Waals surface area contributed by atoms with E-state index in [9.17, 15) is 26.8 Å². The van der Waals surface area contributed by atoms with Gasteiger partial charge in [-0.05, 0) is 61.4 Å². The van der Waals surface area contributed by atoms with E-state index in [-0.39, 0.29) is 16.2 Å². The Kier molecular flexibility index (Phi) is 7.18. The van der Waals surface area contributed by atoms with Gasteiger partial charge < -0.3 is 14.8 Å². The number of anilines is 1. The normalized spacial score (nSPS) is 14.4. The molecule has 1 saturated heterocycles. The van der Waals surface area contributed by atoms with E-state index in [0.29, 0.717) is 18.8 Å². The Morgan fingerprint density at radius 3 is 2.19 bits per heavy atom. The van der Waals surface area contributed by atoms with Gasteiger partial charge in [0.15, 0.2) is 6.61 Å². The predicted molar refractivity (Wildman–Crippen MR) is 106 cm³/mol. The van der Waals surface area contributed by atoms with Crippen molar-refractivity contribution in [3.63, 3.8) is 0 Å². The van der Waals surface area contributed by atoms with Crippen LogP contribution in [0.4, 0.5) is 14.5 Å². The van der Waals surface area contributed by atoms with Crippen molar-refractivity contribution in [2.75, 3.05) is 25.0 Å². The van der Waals surface area contributed by atoms with Crippen molar-refractivity contribution >= 4 is 27.6 Å². The van der Waals surface area contributed by atoms with Crippen molar-refractivity contribution in [3.05, 3.63) is 54.1 Å². The highest BCUT2D eigenvalue weighted by Gasteiger charge is 2.27. The molecule has 0 unspecified atom stereocenters. The summed E-state index contributed by atoms with van der Waals surface area (Å²) in [6, 6.07) is 10.5. The number of esters is 1. The van der Waals surface area contributed by atoms with E-state index in [2.05, 4.69) is 10.1 Å². The van der Waals surface area contributed by atoms with Crippen molar-refractivity contribution in [1.29, 1.82) is 0 Å². The lowest BCUT2D eigenvalue weighted by molar-refractivity contribution is -0.119. The zero-order valence-electron chi connectivity index (χ0n) is 16.3. The Morgan fingerprint density at radius 1 is 1.00 bits per heavy atom. The van der Waals surface area contributed by atoms with Crippen LogP contribution in [0.3, 0.4) is 0 Å². The molecule has 1 amide bonds. The fourth-order valence-electron chi connectivity index (χ4n) is 2.97. The summed E-state index contributed by atoms with van der Waals surface area (Å²) in [5.41, 5.74) is 0.404. The molecule has 1 N–H and O–H groups in total. The fraction of sp³-hybridized carbons (Fsp3) is 0.300. The SMILES string of the molecule is O=C(COC(=O)c1ccc(OC(F)F)cc1)Nc1ccc(S(=O)(=O)N2CCCC2)cc1. The maximum Gasteiger partial charge on any atom is 0.387 e. The van der Waals surface area contributed by atoms with E-state index in [4.69, 9.17) is 4.74 Å². The van der Waals surface area contributed by atoms with E-state index in [1.165, 1.54) is 52.8 Å². The molecule has 0 saturated carbocycles. The van der Waals surface area contributed by atoms with Gasteiger partial charge in [-0.3, -0.25) is 4.79 Å². The number of carbonyl (C=O) groups is 2. The van der Waals surface area contributed by atoms with Gasteiger partial charge in [-0.2, -0.15) is 13.1 Å². The third-order valence-corrected chi connectivity index (χ3v) is 6.40. The first kappa shape index (κ1) is 22.6. The Morgan fingerprint density at radius 2 is 1.61 bits per heavy atom. The molecule has 2 aromatic carbocycles. The molecule has 0 spiro atoms. The summed E-state index contributed by atoms with van der Waals surface area (Å²) in [6.07, 6.45) is 1.67. The molecule has 3 rings (SSSR count). The summed E-state index contributed by atoms with van der Waals surface area (Å²) >= 11 is 0. The van der Waals surface area contributed by atoms with E-state index < -0.39 is 35.1 Å². The number of carbonyl (C=O) groups excluding carboxylic acids is 2. The highest BCUT2D eigenvalue weighted by Crippen LogP contribution is 2.22. The lowest BCUT2D eigenvalue weighted by Crippen LogP contribution is -2.27. The second-order valence-electron chi connectivity index (χ2n) is 6.66. The number of halogens is 2. The number of amides is 1. The van der Waals surface area contributed by atoms with Crippen molar-refractivity contribution in [2.24, 2.45) is 0 Å². The molecule has 0 aromatic heterocycles. The molecule has 0 atom stereocenters. The molecule has 0 aliphatic carbocycles. The molecule has 2 aromatic rings. The van der Waals surface area contributed by atoms with Crippen molar-refractivity contribution in [2.45, 2.75) is 24.3 Å². The third-order valence-electron chi connectivity index (χ3n) is 4.49. The molecular weight excluding hydrogens is 434 g/mol. The number of benzene rings is 2. The summed E-state index contributed by atoms with van der Waals surface area (Å²) in [4.78, 5) is 24.1. The van der Waals surface area contributed by atoms with E-state index in [1.807, 2.05) is 0 Å². The summed E-state index contributed by atoms with van der Waals surface area (Å²) in [5, 5.41) is 2.50. The van der Waals surface area contributed by atoms with E-state index in [1.54, 1.807) is 0 Å². The summed E-state index contributed by atoms with van der Waals surface area (Å²) in [6.45, 7) is -2.57. The van der Waals surface area contributed by atoms with Gasteiger partial charge in [0.05, 0.1) is 10.5 Å². The van der Waals surface area contributed by atoms with Gasteiger partial charge in [0, 0.05) is 18.8 Å². The van der Waals surface area contributed by atoms with E-state index >= 15 is 0 Å². The quantitative estimate of drug-likeness (QED) is 0.616. The van der Waals surface area contributed by atoms with Crippen LogP contribution in [-0.4, -0.2) is 50.9 Å². The standard InChI is InChI=1S/C20H20F2N2O6S/c21-20(22)30-16-7-3-14(4-8-16)19(26)29-13-18(25)23-15-5-9-17(10-6-15)31(27,28)24-11-1-2-12-24/h3-10,20H,1-2,11-13H2,(H,23,25). The number of nitrogens with one attached hydrogen (secondary N) is 1. The van der Waals surface area contributed by atoms with E-state index in [0.717, 1.165) is 12.8 Å². The fourth-order valence-corrected chi connectivity index (χ4v) is 4.49. The third kappa shape index (κ3) is 5.98. The minimum atomic E-state index is -3.55. The first-order chi connectivity index (χ1) is 14.8. The molecule has 1 heterocycles. The number of rotatable bonds is 8. The van der Waals surface area contributed by atoms with Gasteiger partial charge >= 0.3 is 12.6 Å². The molecule has 0 radical (unpaired) electrons. The summed E-state index contributed by atoms with van der Waals surface area (Å²) in [7, 11) is -3.55. The summed E-state index contributed by atoms with van der Waals surface area (Å²) < 4.78 is 59.7. The molecule has 1 aliphatic rings. The zero-order chi connectivity index (χ0) is 22.4. The minimum absolute atomic E-state index is 0.0610. The smallest absolute Gasteiger partial charge is 0.387 e. The molecule has 31 heavy (non-hydrogen) atoms. The molecule has 166 valence electrons.